The molecule has 210 valence electrons. The average Bonchev–Trinajstić information content (AvgIpc) is 3.32. The van der Waals surface area contributed by atoms with E-state index in [1.165, 1.54) is 15.6 Å². The molecule has 0 aliphatic carbocycles. The third kappa shape index (κ3) is 6.30. The third-order valence-corrected chi connectivity index (χ3v) is 7.91. The van der Waals surface area contributed by atoms with Crippen LogP contribution in [0, 0.1) is 0 Å². The van der Waals surface area contributed by atoms with Gasteiger partial charge in [0.05, 0.1) is 11.8 Å². The summed E-state index contributed by atoms with van der Waals surface area (Å²) in [5.74, 6) is -0.314. The predicted octanol–water partition coefficient (Wildman–Crippen LogP) is 5.82. The minimum atomic E-state index is -1.21. The molecule has 0 radical (unpaired) electrons. The zero-order valence-electron chi connectivity index (χ0n) is 23.0. The summed E-state index contributed by atoms with van der Waals surface area (Å²) in [6.07, 6.45) is 3.16. The Balaban J connectivity index is 1.10. The number of fused-ring (bicyclic) bond motifs is 1. The third-order valence-electron chi connectivity index (χ3n) is 7.57. The highest BCUT2D eigenvalue weighted by Gasteiger charge is 2.35. The Morgan fingerprint density at radius 3 is 2.27 bits per heavy atom. The number of likely N-dealkylation sites (tertiary alicyclic amines) is 1. The Labute approximate surface area is 239 Å². The van der Waals surface area contributed by atoms with Gasteiger partial charge in [0.1, 0.15) is 17.3 Å². The second kappa shape index (κ2) is 12.4. The van der Waals surface area contributed by atoms with Crippen molar-refractivity contribution in [3.8, 4) is 0 Å². The number of hydrogen-bond acceptors (Lipinski definition) is 6. The van der Waals surface area contributed by atoms with E-state index in [9.17, 15) is 9.90 Å². The molecule has 2 N–H and O–H groups in total. The van der Waals surface area contributed by atoms with Gasteiger partial charge < -0.3 is 20.1 Å². The molecule has 40 heavy (non-hydrogen) atoms. The highest BCUT2D eigenvalue weighted by Crippen LogP contribution is 2.31. The molecule has 4 aromatic rings. The lowest BCUT2D eigenvalue weighted by atomic mass is 9.90. The van der Waals surface area contributed by atoms with Crippen LogP contribution in [0.3, 0.4) is 0 Å². The number of benzene rings is 2. The van der Waals surface area contributed by atoms with Gasteiger partial charge in [-0.2, -0.15) is 0 Å². The average molecular weight is 562 g/mol. The Bertz CT molecular complexity index is 1380. The van der Waals surface area contributed by atoms with Gasteiger partial charge in [0.2, 0.25) is 0 Å². The van der Waals surface area contributed by atoms with E-state index in [2.05, 4.69) is 68.8 Å². The molecule has 1 aliphatic heterocycles. The van der Waals surface area contributed by atoms with Gasteiger partial charge in [-0.05, 0) is 62.9 Å². The molecule has 0 spiro atoms. The molecule has 9 heteroatoms. The fourth-order valence-corrected chi connectivity index (χ4v) is 5.49. The fraction of sp³-hybridized carbons (Fsp3) is 0.387. The molecule has 0 unspecified atom stereocenters. The largest absolute Gasteiger partial charge is 0.481 e. The number of hydrogen-bond donors (Lipinski definition) is 2. The lowest BCUT2D eigenvalue weighted by molar-refractivity contribution is -0.142. The molecule has 2 aromatic heterocycles. The maximum Gasteiger partial charge on any atom is 0.315 e. The Hall–Kier alpha value is -3.46. The van der Waals surface area contributed by atoms with Crippen LogP contribution in [0.25, 0.3) is 5.65 Å². The molecule has 5 rings (SSSR count). The number of nitrogens with one attached hydrogen (secondary N) is 1. The molecule has 1 saturated heterocycles. The SMILES string of the molecule is CC(C)(C(=O)O)c1nc2ccc(NCCCN3CCC(OC(c4ccccc4)c4ccccc4)CC3)nn2c1Cl. The van der Waals surface area contributed by atoms with Gasteiger partial charge in [-0.3, -0.25) is 4.79 Å². The lowest BCUT2D eigenvalue weighted by Crippen LogP contribution is -2.38. The number of carboxylic acids is 1. The number of piperidine rings is 1. The number of carbonyl (C=O) groups is 1. The van der Waals surface area contributed by atoms with Gasteiger partial charge in [-0.15, -0.1) is 5.10 Å². The standard InChI is InChI=1S/C31H36ClN5O3/c1-31(2,30(38)39)28-29(32)37-26(34-28)15-14-25(35-37)33-18-9-19-36-20-16-24(17-21-36)40-27(22-10-5-3-6-11-22)23-12-7-4-8-13-23/h3-8,10-15,24,27H,9,16-21H2,1-2H3,(H,33,35)(H,38,39). The number of rotatable bonds is 11. The van der Waals surface area contributed by atoms with Crippen LogP contribution in [0.5, 0.6) is 0 Å². The first-order valence-corrected chi connectivity index (χ1v) is 14.2. The van der Waals surface area contributed by atoms with Crippen LogP contribution in [0.4, 0.5) is 5.82 Å². The van der Waals surface area contributed by atoms with Gasteiger partial charge >= 0.3 is 5.97 Å². The molecular weight excluding hydrogens is 526 g/mol. The van der Waals surface area contributed by atoms with Crippen LogP contribution in [0.1, 0.15) is 56.0 Å². The van der Waals surface area contributed by atoms with E-state index in [0.717, 1.165) is 45.4 Å². The van der Waals surface area contributed by atoms with Crippen molar-refractivity contribution in [1.29, 1.82) is 0 Å². The summed E-state index contributed by atoms with van der Waals surface area (Å²) in [7, 11) is 0. The molecule has 0 saturated carbocycles. The van der Waals surface area contributed by atoms with Crippen LogP contribution >= 0.6 is 11.6 Å². The van der Waals surface area contributed by atoms with Crippen molar-refractivity contribution >= 4 is 29.0 Å². The zero-order chi connectivity index (χ0) is 28.1. The number of aliphatic carboxylic acids is 1. The quantitative estimate of drug-likeness (QED) is 0.223. The Morgan fingerprint density at radius 1 is 1.05 bits per heavy atom. The maximum absolute atomic E-state index is 11.7. The Kier molecular flexibility index (Phi) is 8.69. The molecule has 0 bridgehead atoms. The van der Waals surface area contributed by atoms with E-state index >= 15 is 0 Å². The molecular formula is C31H36ClN5O3. The molecule has 0 amide bonds. The predicted molar refractivity (Wildman–Crippen MR) is 157 cm³/mol. The van der Waals surface area contributed by atoms with Crippen LogP contribution in [-0.2, 0) is 14.9 Å². The number of halogens is 1. The van der Waals surface area contributed by atoms with Gasteiger partial charge in [0.25, 0.3) is 0 Å². The number of carboxylic acid groups (broad SMARTS) is 1. The summed E-state index contributed by atoms with van der Waals surface area (Å²) in [6, 6.07) is 24.6. The second-order valence-electron chi connectivity index (χ2n) is 10.8. The minimum Gasteiger partial charge on any atom is -0.481 e. The number of nitrogens with zero attached hydrogens (tertiary/aromatic N) is 4. The van der Waals surface area contributed by atoms with Crippen molar-refractivity contribution in [2.75, 3.05) is 31.5 Å². The minimum absolute atomic E-state index is 0.0525. The molecule has 0 atom stereocenters. The smallest absolute Gasteiger partial charge is 0.315 e. The summed E-state index contributed by atoms with van der Waals surface area (Å²) in [4.78, 5) is 18.5. The van der Waals surface area contributed by atoms with E-state index < -0.39 is 11.4 Å². The number of anilines is 1. The van der Waals surface area contributed by atoms with E-state index in [0.29, 0.717) is 17.2 Å². The fourth-order valence-electron chi connectivity index (χ4n) is 5.09. The molecule has 3 heterocycles. The summed E-state index contributed by atoms with van der Waals surface area (Å²) in [5, 5.41) is 17.7. The van der Waals surface area contributed by atoms with Crippen molar-refractivity contribution in [2.45, 2.75) is 50.7 Å². The van der Waals surface area contributed by atoms with Gasteiger partial charge in [0, 0.05) is 19.6 Å². The first-order chi connectivity index (χ1) is 19.3. The first-order valence-electron chi connectivity index (χ1n) is 13.8. The van der Waals surface area contributed by atoms with E-state index in [1.807, 2.05) is 18.2 Å². The highest BCUT2D eigenvalue weighted by molar-refractivity contribution is 6.30. The number of imidazole rings is 1. The first kappa shape index (κ1) is 28.1. The normalized spacial score (nSPS) is 15.1. The van der Waals surface area contributed by atoms with E-state index in [4.69, 9.17) is 16.3 Å². The Morgan fingerprint density at radius 2 is 1.68 bits per heavy atom. The monoisotopic (exact) mass is 561 g/mol. The zero-order valence-corrected chi connectivity index (χ0v) is 23.7. The molecule has 8 nitrogen and oxygen atoms in total. The van der Waals surface area contributed by atoms with Crippen molar-refractivity contribution in [1.82, 2.24) is 19.5 Å². The summed E-state index contributed by atoms with van der Waals surface area (Å²) < 4.78 is 8.17. The second-order valence-corrected chi connectivity index (χ2v) is 11.2. The highest BCUT2D eigenvalue weighted by atomic mass is 35.5. The molecule has 2 aromatic carbocycles. The van der Waals surface area contributed by atoms with Crippen molar-refractivity contribution < 1.29 is 14.6 Å². The van der Waals surface area contributed by atoms with Gasteiger partial charge in [-0.25, -0.2) is 9.50 Å². The summed E-state index contributed by atoms with van der Waals surface area (Å²) in [5.41, 5.74) is 1.99. The summed E-state index contributed by atoms with van der Waals surface area (Å²) >= 11 is 6.46. The van der Waals surface area contributed by atoms with Crippen LogP contribution in [-0.4, -0.2) is 62.9 Å². The lowest BCUT2D eigenvalue weighted by Gasteiger charge is -2.34. The number of ether oxygens (including phenoxy) is 1. The van der Waals surface area contributed by atoms with Crippen LogP contribution < -0.4 is 5.32 Å². The maximum atomic E-state index is 11.7. The van der Waals surface area contributed by atoms with Crippen molar-refractivity contribution in [3.63, 3.8) is 0 Å². The van der Waals surface area contributed by atoms with E-state index in [-0.39, 0.29) is 17.4 Å². The summed E-state index contributed by atoms with van der Waals surface area (Å²) in [6.45, 7) is 6.95. The molecule has 1 fully saturated rings. The van der Waals surface area contributed by atoms with Gasteiger partial charge in [0.15, 0.2) is 10.8 Å². The van der Waals surface area contributed by atoms with Crippen LogP contribution in [0.2, 0.25) is 5.15 Å². The van der Waals surface area contributed by atoms with Crippen molar-refractivity contribution in [3.05, 3.63) is 94.8 Å². The van der Waals surface area contributed by atoms with Crippen molar-refractivity contribution in [2.24, 2.45) is 0 Å². The van der Waals surface area contributed by atoms with E-state index in [1.54, 1.807) is 19.9 Å². The van der Waals surface area contributed by atoms with Gasteiger partial charge in [-0.1, -0.05) is 72.3 Å². The number of aromatic nitrogens is 3. The topological polar surface area (TPSA) is 92.0 Å². The molecule has 1 aliphatic rings. The van der Waals surface area contributed by atoms with Crippen LogP contribution in [0.15, 0.2) is 72.8 Å².